The van der Waals surface area contributed by atoms with Crippen LogP contribution in [0.4, 0.5) is 0 Å². The van der Waals surface area contributed by atoms with Crippen molar-refractivity contribution in [3.05, 3.63) is 35.9 Å². The molecular weight excluding hydrogens is 212 g/mol. The van der Waals surface area contributed by atoms with Gasteiger partial charge in [0.05, 0.1) is 13.2 Å². The van der Waals surface area contributed by atoms with Crippen molar-refractivity contribution in [2.75, 3.05) is 13.2 Å². The minimum absolute atomic E-state index is 0.395. The zero-order valence-electron chi connectivity index (χ0n) is 10.8. The maximum absolute atomic E-state index is 5.96. The third-order valence-corrected chi connectivity index (χ3v) is 3.05. The Bertz CT molecular complexity index is 326. The molecule has 1 fully saturated rings. The summed E-state index contributed by atoms with van der Waals surface area (Å²) in [5.41, 5.74) is 1.29. The highest BCUT2D eigenvalue weighted by atomic mass is 16.7. The van der Waals surface area contributed by atoms with E-state index in [1.165, 1.54) is 5.56 Å². The average Bonchev–Trinajstić information content (AvgIpc) is 2.30. The second kappa shape index (κ2) is 5.65. The smallest absolute Gasteiger partial charge is 0.172 e. The first-order valence-corrected chi connectivity index (χ1v) is 6.52. The van der Waals surface area contributed by atoms with Gasteiger partial charge in [0.1, 0.15) is 0 Å². The molecule has 2 nitrogen and oxygen atoms in total. The summed E-state index contributed by atoms with van der Waals surface area (Å²) >= 11 is 0. The van der Waals surface area contributed by atoms with Crippen LogP contribution >= 0.6 is 0 Å². The van der Waals surface area contributed by atoms with Gasteiger partial charge in [0, 0.05) is 12.8 Å². The third-order valence-electron chi connectivity index (χ3n) is 3.05. The summed E-state index contributed by atoms with van der Waals surface area (Å²) in [5, 5.41) is 0. The maximum atomic E-state index is 5.96. The Morgan fingerprint density at radius 3 is 2.35 bits per heavy atom. The molecule has 0 saturated carbocycles. The van der Waals surface area contributed by atoms with E-state index in [2.05, 4.69) is 38.1 Å². The number of rotatable bonds is 4. The maximum Gasteiger partial charge on any atom is 0.172 e. The van der Waals surface area contributed by atoms with Crippen molar-refractivity contribution in [2.45, 2.75) is 38.9 Å². The molecule has 0 radical (unpaired) electrons. The van der Waals surface area contributed by atoms with E-state index in [1.54, 1.807) is 0 Å². The molecule has 2 rings (SSSR count). The fraction of sp³-hybridized carbons (Fsp3) is 0.600. The van der Waals surface area contributed by atoms with E-state index in [-0.39, 0.29) is 0 Å². The molecule has 94 valence electrons. The molecule has 1 heterocycles. The first kappa shape index (κ1) is 12.6. The largest absolute Gasteiger partial charge is 0.349 e. The van der Waals surface area contributed by atoms with Gasteiger partial charge in [-0.25, -0.2) is 0 Å². The molecular formula is C15H22O2. The molecule has 2 heteroatoms. The van der Waals surface area contributed by atoms with Crippen molar-refractivity contribution in [1.82, 2.24) is 0 Å². The Morgan fingerprint density at radius 2 is 1.76 bits per heavy atom. The molecule has 0 spiro atoms. The highest BCUT2D eigenvalue weighted by Crippen LogP contribution is 2.30. The number of hydrogen-bond donors (Lipinski definition) is 0. The summed E-state index contributed by atoms with van der Waals surface area (Å²) in [6, 6.07) is 10.5. The van der Waals surface area contributed by atoms with Gasteiger partial charge >= 0.3 is 0 Å². The van der Waals surface area contributed by atoms with Crippen LogP contribution in [-0.4, -0.2) is 19.0 Å². The summed E-state index contributed by atoms with van der Waals surface area (Å²) < 4.78 is 11.9. The highest BCUT2D eigenvalue weighted by Gasteiger charge is 2.35. The summed E-state index contributed by atoms with van der Waals surface area (Å²) in [6.45, 7) is 6.07. The summed E-state index contributed by atoms with van der Waals surface area (Å²) in [4.78, 5) is 0. The van der Waals surface area contributed by atoms with E-state index in [1.807, 2.05) is 6.07 Å². The Morgan fingerprint density at radius 1 is 1.12 bits per heavy atom. The molecule has 1 aliphatic heterocycles. The minimum atomic E-state index is -0.395. The summed E-state index contributed by atoms with van der Waals surface area (Å²) in [5.74, 6) is 0.185. The Labute approximate surface area is 104 Å². The molecule has 0 amide bonds. The van der Waals surface area contributed by atoms with Crippen LogP contribution in [0, 0.1) is 5.92 Å². The second-order valence-corrected chi connectivity index (χ2v) is 5.22. The Balaban J connectivity index is 2.10. The Kier molecular flexibility index (Phi) is 4.19. The lowest BCUT2D eigenvalue weighted by Gasteiger charge is -2.38. The van der Waals surface area contributed by atoms with Gasteiger partial charge in [0.2, 0.25) is 0 Å². The van der Waals surface area contributed by atoms with E-state index in [0.29, 0.717) is 5.92 Å². The minimum Gasteiger partial charge on any atom is -0.349 e. The van der Waals surface area contributed by atoms with Crippen LogP contribution in [0.5, 0.6) is 0 Å². The van der Waals surface area contributed by atoms with Crippen LogP contribution in [0.3, 0.4) is 0 Å². The zero-order valence-corrected chi connectivity index (χ0v) is 10.8. The first-order chi connectivity index (χ1) is 8.20. The number of benzene rings is 1. The molecule has 1 saturated heterocycles. The van der Waals surface area contributed by atoms with E-state index in [0.717, 1.165) is 32.5 Å². The van der Waals surface area contributed by atoms with Gasteiger partial charge in [-0.05, 0) is 17.9 Å². The van der Waals surface area contributed by atoms with Gasteiger partial charge < -0.3 is 9.47 Å². The van der Waals surface area contributed by atoms with Crippen LogP contribution in [0.25, 0.3) is 0 Å². The van der Waals surface area contributed by atoms with Gasteiger partial charge in [-0.15, -0.1) is 0 Å². The van der Waals surface area contributed by atoms with Crippen LogP contribution in [0.1, 0.15) is 32.3 Å². The van der Waals surface area contributed by atoms with Crippen LogP contribution in [0.15, 0.2) is 30.3 Å². The van der Waals surface area contributed by atoms with E-state index in [9.17, 15) is 0 Å². The summed E-state index contributed by atoms with van der Waals surface area (Å²) in [6.07, 6.45) is 2.82. The third kappa shape index (κ3) is 3.55. The highest BCUT2D eigenvalue weighted by molar-refractivity contribution is 5.16. The summed E-state index contributed by atoms with van der Waals surface area (Å²) in [7, 11) is 0. The van der Waals surface area contributed by atoms with Crippen LogP contribution in [0.2, 0.25) is 0 Å². The molecule has 1 aliphatic rings. The van der Waals surface area contributed by atoms with E-state index < -0.39 is 5.79 Å². The lowest BCUT2D eigenvalue weighted by atomic mass is 9.95. The predicted molar refractivity (Wildman–Crippen MR) is 68.9 cm³/mol. The van der Waals surface area contributed by atoms with Gasteiger partial charge in [-0.1, -0.05) is 44.2 Å². The van der Waals surface area contributed by atoms with Crippen molar-refractivity contribution in [3.8, 4) is 0 Å². The predicted octanol–water partition coefficient (Wildman–Crippen LogP) is 3.41. The quantitative estimate of drug-likeness (QED) is 0.795. The van der Waals surface area contributed by atoms with Gasteiger partial charge in [-0.2, -0.15) is 0 Å². The van der Waals surface area contributed by atoms with Crippen LogP contribution < -0.4 is 0 Å². The molecule has 0 aliphatic carbocycles. The molecule has 0 N–H and O–H groups in total. The number of hydrogen-bond acceptors (Lipinski definition) is 2. The van der Waals surface area contributed by atoms with Gasteiger partial charge in [0.15, 0.2) is 5.79 Å². The first-order valence-electron chi connectivity index (χ1n) is 6.52. The van der Waals surface area contributed by atoms with Crippen LogP contribution in [-0.2, 0) is 15.9 Å². The van der Waals surface area contributed by atoms with Crippen molar-refractivity contribution in [3.63, 3.8) is 0 Å². The van der Waals surface area contributed by atoms with E-state index in [4.69, 9.17) is 9.47 Å². The number of ether oxygens (including phenoxy) is 2. The lowest BCUT2D eigenvalue weighted by Crippen LogP contribution is -2.43. The molecule has 0 aromatic heterocycles. The van der Waals surface area contributed by atoms with E-state index >= 15 is 0 Å². The molecule has 0 unspecified atom stereocenters. The fourth-order valence-electron chi connectivity index (χ4n) is 2.44. The molecule has 0 atom stereocenters. The fourth-order valence-corrected chi connectivity index (χ4v) is 2.44. The SMILES string of the molecule is CC(C)CC1(Cc2ccccc2)OCCCO1. The van der Waals surface area contributed by atoms with Gasteiger partial charge in [0.25, 0.3) is 0 Å². The van der Waals surface area contributed by atoms with Crippen molar-refractivity contribution < 1.29 is 9.47 Å². The molecule has 1 aromatic carbocycles. The molecule has 0 bridgehead atoms. The topological polar surface area (TPSA) is 18.5 Å². The zero-order chi connectivity index (χ0) is 12.1. The standard InChI is InChI=1S/C15H22O2/c1-13(2)11-15(16-9-6-10-17-15)12-14-7-4-3-5-8-14/h3-5,7-8,13H,6,9-12H2,1-2H3. The van der Waals surface area contributed by atoms with Crippen molar-refractivity contribution >= 4 is 0 Å². The lowest BCUT2D eigenvalue weighted by molar-refractivity contribution is -0.273. The van der Waals surface area contributed by atoms with Crippen molar-refractivity contribution in [2.24, 2.45) is 5.92 Å². The Hall–Kier alpha value is -0.860. The molecule has 1 aromatic rings. The normalized spacial score (nSPS) is 19.5. The monoisotopic (exact) mass is 234 g/mol. The van der Waals surface area contributed by atoms with Crippen molar-refractivity contribution in [1.29, 1.82) is 0 Å². The molecule has 17 heavy (non-hydrogen) atoms. The average molecular weight is 234 g/mol. The second-order valence-electron chi connectivity index (χ2n) is 5.22. The van der Waals surface area contributed by atoms with Gasteiger partial charge in [-0.3, -0.25) is 0 Å².